The van der Waals surface area contributed by atoms with Gasteiger partial charge in [-0.3, -0.25) is 5.32 Å². The average molecular weight is 254 g/mol. The lowest BCUT2D eigenvalue weighted by molar-refractivity contribution is 0.215. The molecule has 3 rings (SSSR count). The maximum atomic E-state index is 11.7. The molecule has 2 heterocycles. The third kappa shape index (κ3) is 2.37. The monoisotopic (exact) mass is 254 g/mol. The lowest BCUT2D eigenvalue weighted by Crippen LogP contribution is -2.18. The van der Waals surface area contributed by atoms with E-state index in [0.717, 1.165) is 0 Å². The second kappa shape index (κ2) is 4.77. The predicted octanol–water partition coefficient (Wildman–Crippen LogP) is 2.34. The number of benzene rings is 1. The highest BCUT2D eigenvalue weighted by atomic mass is 16.6. The first-order chi connectivity index (χ1) is 9.33. The Morgan fingerprint density at radius 2 is 2.00 bits per heavy atom. The minimum atomic E-state index is -0.585. The van der Waals surface area contributed by atoms with Crippen LogP contribution in [0.4, 0.5) is 10.6 Å². The van der Waals surface area contributed by atoms with Crippen LogP contribution in [0.3, 0.4) is 0 Å². The molecule has 0 saturated heterocycles. The zero-order chi connectivity index (χ0) is 13.1. The van der Waals surface area contributed by atoms with E-state index in [0.29, 0.717) is 17.2 Å². The predicted molar refractivity (Wildman–Crippen MR) is 69.1 cm³/mol. The largest absolute Gasteiger partial charge is 0.418 e. The smallest absolute Gasteiger partial charge is 0.410 e. The number of anilines is 1. The van der Waals surface area contributed by atoms with Gasteiger partial charge < -0.3 is 4.74 Å². The summed E-state index contributed by atoms with van der Waals surface area (Å²) in [5, 5.41) is 6.68. The summed E-state index contributed by atoms with van der Waals surface area (Å²) < 4.78 is 6.64. The first-order valence-electron chi connectivity index (χ1n) is 5.65. The highest BCUT2D eigenvalue weighted by Crippen LogP contribution is 2.12. The van der Waals surface area contributed by atoms with Crippen LogP contribution in [-0.4, -0.2) is 20.7 Å². The fraction of sp³-hybridized carbons (Fsp3) is 0. The summed E-state index contributed by atoms with van der Waals surface area (Å²) in [5.41, 5.74) is 0.650. The average Bonchev–Trinajstić information content (AvgIpc) is 2.83. The van der Waals surface area contributed by atoms with Crippen LogP contribution in [0.5, 0.6) is 5.75 Å². The van der Waals surface area contributed by atoms with Gasteiger partial charge in [0.25, 0.3) is 0 Å². The topological polar surface area (TPSA) is 68.5 Å². The van der Waals surface area contributed by atoms with Gasteiger partial charge in [-0.2, -0.15) is 9.61 Å². The molecular weight excluding hydrogens is 244 g/mol. The number of aromatic nitrogens is 3. The minimum absolute atomic E-state index is 0.455. The molecule has 0 radical (unpaired) electrons. The number of rotatable bonds is 2. The van der Waals surface area contributed by atoms with Crippen molar-refractivity contribution in [1.29, 1.82) is 0 Å². The van der Waals surface area contributed by atoms with Crippen molar-refractivity contribution in [3.63, 3.8) is 0 Å². The zero-order valence-electron chi connectivity index (χ0n) is 9.85. The van der Waals surface area contributed by atoms with E-state index in [1.54, 1.807) is 42.6 Å². The van der Waals surface area contributed by atoms with Crippen molar-refractivity contribution in [3.05, 3.63) is 54.9 Å². The fourth-order valence-electron chi connectivity index (χ4n) is 1.64. The summed E-state index contributed by atoms with van der Waals surface area (Å²) in [7, 11) is 0. The Labute approximate surface area is 108 Å². The minimum Gasteiger partial charge on any atom is -0.410 e. The molecule has 6 heteroatoms. The van der Waals surface area contributed by atoms with Crippen LogP contribution in [0.25, 0.3) is 5.65 Å². The molecule has 0 spiro atoms. The highest BCUT2D eigenvalue weighted by Gasteiger charge is 2.09. The molecule has 0 unspecified atom stereocenters. The molecule has 0 bridgehead atoms. The Morgan fingerprint density at radius 1 is 1.16 bits per heavy atom. The molecule has 0 aliphatic heterocycles. The fourth-order valence-corrected chi connectivity index (χ4v) is 1.64. The Bertz CT molecular complexity index is 709. The number of ether oxygens (including phenoxy) is 1. The third-order valence-electron chi connectivity index (χ3n) is 2.46. The van der Waals surface area contributed by atoms with Crippen molar-refractivity contribution in [1.82, 2.24) is 14.6 Å². The Kier molecular flexibility index (Phi) is 2.82. The third-order valence-corrected chi connectivity index (χ3v) is 2.46. The molecule has 1 aromatic carbocycles. The second-order valence-electron chi connectivity index (χ2n) is 3.76. The maximum Gasteiger partial charge on any atom is 0.418 e. The molecule has 6 nitrogen and oxygen atoms in total. The lowest BCUT2D eigenvalue weighted by atomic mass is 10.3. The van der Waals surface area contributed by atoms with Gasteiger partial charge in [0.1, 0.15) is 5.75 Å². The van der Waals surface area contributed by atoms with Gasteiger partial charge >= 0.3 is 6.09 Å². The van der Waals surface area contributed by atoms with Gasteiger partial charge in [0.05, 0.1) is 6.20 Å². The Hall–Kier alpha value is -2.89. The van der Waals surface area contributed by atoms with Crippen LogP contribution in [0.15, 0.2) is 54.9 Å². The van der Waals surface area contributed by atoms with Gasteiger partial charge in [-0.25, -0.2) is 9.78 Å². The van der Waals surface area contributed by atoms with Crippen molar-refractivity contribution in [2.45, 2.75) is 0 Å². The molecule has 0 fully saturated rings. The first kappa shape index (κ1) is 11.2. The quantitative estimate of drug-likeness (QED) is 0.762. The summed E-state index contributed by atoms with van der Waals surface area (Å²) in [5.74, 6) is 0.929. The van der Waals surface area contributed by atoms with Crippen molar-refractivity contribution in [2.24, 2.45) is 0 Å². The summed E-state index contributed by atoms with van der Waals surface area (Å²) in [4.78, 5) is 15.8. The highest BCUT2D eigenvalue weighted by molar-refractivity contribution is 5.85. The number of imidazole rings is 1. The number of hydrogen-bond acceptors (Lipinski definition) is 4. The molecule has 19 heavy (non-hydrogen) atoms. The van der Waals surface area contributed by atoms with Gasteiger partial charge in [-0.1, -0.05) is 18.2 Å². The first-order valence-corrected chi connectivity index (χ1v) is 5.65. The molecule has 0 saturated carbocycles. The van der Waals surface area contributed by atoms with Gasteiger partial charge in [0.15, 0.2) is 11.5 Å². The Balaban J connectivity index is 1.76. The van der Waals surface area contributed by atoms with Gasteiger partial charge in [0, 0.05) is 6.20 Å². The van der Waals surface area contributed by atoms with E-state index in [1.165, 1.54) is 10.7 Å². The SMILES string of the molecule is O=C(Nc1cnc2cccnn12)Oc1ccccc1. The summed E-state index contributed by atoms with van der Waals surface area (Å²) >= 11 is 0. The van der Waals surface area contributed by atoms with Crippen LogP contribution >= 0.6 is 0 Å². The van der Waals surface area contributed by atoms with E-state index in [2.05, 4.69) is 15.4 Å². The van der Waals surface area contributed by atoms with Crippen molar-refractivity contribution >= 4 is 17.6 Å². The Morgan fingerprint density at radius 3 is 2.84 bits per heavy atom. The van der Waals surface area contributed by atoms with Crippen LogP contribution in [0.1, 0.15) is 0 Å². The van der Waals surface area contributed by atoms with E-state index in [4.69, 9.17) is 4.74 Å². The van der Waals surface area contributed by atoms with E-state index in [9.17, 15) is 4.79 Å². The standard InChI is InChI=1S/C13H10N4O2/c18-13(19-10-5-2-1-3-6-10)16-12-9-14-11-7-4-8-15-17(11)12/h1-9H,(H,16,18). The van der Waals surface area contributed by atoms with Crippen molar-refractivity contribution in [2.75, 3.05) is 5.32 Å². The number of para-hydroxylation sites is 1. The van der Waals surface area contributed by atoms with E-state index in [-0.39, 0.29) is 0 Å². The molecule has 0 aliphatic rings. The van der Waals surface area contributed by atoms with Crippen molar-refractivity contribution < 1.29 is 9.53 Å². The number of carbonyl (C=O) groups is 1. The van der Waals surface area contributed by atoms with Gasteiger partial charge in [-0.15, -0.1) is 0 Å². The molecule has 94 valence electrons. The molecule has 3 aromatic rings. The number of fused-ring (bicyclic) bond motifs is 1. The van der Waals surface area contributed by atoms with Crippen LogP contribution in [-0.2, 0) is 0 Å². The zero-order valence-corrected chi connectivity index (χ0v) is 9.85. The van der Waals surface area contributed by atoms with Crippen LogP contribution < -0.4 is 10.1 Å². The number of carbonyl (C=O) groups excluding carboxylic acids is 1. The molecule has 1 amide bonds. The summed E-state index contributed by atoms with van der Waals surface area (Å²) in [6.45, 7) is 0. The maximum absolute atomic E-state index is 11.7. The van der Waals surface area contributed by atoms with E-state index in [1.807, 2.05) is 6.07 Å². The number of hydrogen-bond donors (Lipinski definition) is 1. The number of amides is 1. The van der Waals surface area contributed by atoms with Crippen LogP contribution in [0, 0.1) is 0 Å². The van der Waals surface area contributed by atoms with E-state index >= 15 is 0 Å². The molecular formula is C13H10N4O2. The number of nitrogens with zero attached hydrogens (tertiary/aromatic N) is 3. The van der Waals surface area contributed by atoms with E-state index < -0.39 is 6.09 Å². The van der Waals surface area contributed by atoms with Crippen LogP contribution in [0.2, 0.25) is 0 Å². The normalized spacial score (nSPS) is 10.3. The molecule has 2 aromatic heterocycles. The number of nitrogens with one attached hydrogen (secondary N) is 1. The lowest BCUT2D eigenvalue weighted by Gasteiger charge is -2.05. The molecule has 1 N–H and O–H groups in total. The van der Waals surface area contributed by atoms with Gasteiger partial charge in [0.2, 0.25) is 0 Å². The summed E-state index contributed by atoms with van der Waals surface area (Å²) in [6, 6.07) is 12.4. The van der Waals surface area contributed by atoms with Gasteiger partial charge in [-0.05, 0) is 24.3 Å². The molecule has 0 atom stereocenters. The molecule has 0 aliphatic carbocycles. The summed E-state index contributed by atoms with van der Waals surface area (Å²) in [6.07, 6.45) is 2.55. The van der Waals surface area contributed by atoms with Crippen molar-refractivity contribution in [3.8, 4) is 5.75 Å². The second-order valence-corrected chi connectivity index (χ2v) is 3.76.